The molecule has 22 heavy (non-hydrogen) atoms. The van der Waals surface area contributed by atoms with Gasteiger partial charge in [-0.3, -0.25) is 9.59 Å². The number of amides is 2. The standard InChI is InChI=1S/C18H28N2O2/c1-6-14(4)19-18(22)15(5)20(17(21)7-2)12-16-10-8-13(3)9-11-16/h8-11,14-15H,6-7,12H2,1-5H3,(H,19,22). The first-order chi connectivity index (χ1) is 10.4. The highest BCUT2D eigenvalue weighted by atomic mass is 16.2. The lowest BCUT2D eigenvalue weighted by Crippen LogP contribution is -2.49. The van der Waals surface area contributed by atoms with Gasteiger partial charge in [0.05, 0.1) is 0 Å². The average Bonchev–Trinajstić information content (AvgIpc) is 2.52. The van der Waals surface area contributed by atoms with E-state index in [9.17, 15) is 9.59 Å². The van der Waals surface area contributed by atoms with E-state index in [4.69, 9.17) is 0 Å². The van der Waals surface area contributed by atoms with E-state index in [0.29, 0.717) is 13.0 Å². The van der Waals surface area contributed by atoms with E-state index >= 15 is 0 Å². The van der Waals surface area contributed by atoms with Crippen LogP contribution in [0, 0.1) is 6.92 Å². The average molecular weight is 304 g/mol. The minimum Gasteiger partial charge on any atom is -0.352 e. The maximum absolute atomic E-state index is 12.3. The van der Waals surface area contributed by atoms with Crippen molar-refractivity contribution in [1.82, 2.24) is 10.2 Å². The number of nitrogens with zero attached hydrogens (tertiary/aromatic N) is 1. The van der Waals surface area contributed by atoms with Crippen LogP contribution in [0.5, 0.6) is 0 Å². The molecule has 0 spiro atoms. The lowest BCUT2D eigenvalue weighted by Gasteiger charge is -2.29. The van der Waals surface area contributed by atoms with E-state index < -0.39 is 6.04 Å². The second-order valence-corrected chi connectivity index (χ2v) is 5.85. The van der Waals surface area contributed by atoms with Gasteiger partial charge in [0.15, 0.2) is 0 Å². The van der Waals surface area contributed by atoms with Crippen molar-refractivity contribution in [2.75, 3.05) is 0 Å². The monoisotopic (exact) mass is 304 g/mol. The van der Waals surface area contributed by atoms with E-state index in [0.717, 1.165) is 12.0 Å². The zero-order valence-electron chi connectivity index (χ0n) is 14.3. The molecular formula is C18H28N2O2. The lowest BCUT2D eigenvalue weighted by molar-refractivity contribution is -0.140. The van der Waals surface area contributed by atoms with E-state index in [2.05, 4.69) is 5.32 Å². The molecule has 1 N–H and O–H groups in total. The molecule has 0 bridgehead atoms. The zero-order chi connectivity index (χ0) is 16.7. The first kappa shape index (κ1) is 18.2. The van der Waals surface area contributed by atoms with Gasteiger partial charge < -0.3 is 10.2 Å². The predicted molar refractivity (Wildman–Crippen MR) is 89.4 cm³/mol. The maximum Gasteiger partial charge on any atom is 0.242 e. The minimum absolute atomic E-state index is 0.00706. The Morgan fingerprint density at radius 3 is 2.23 bits per heavy atom. The molecule has 1 aromatic carbocycles. The molecule has 0 radical (unpaired) electrons. The fraction of sp³-hybridized carbons (Fsp3) is 0.556. The topological polar surface area (TPSA) is 49.4 Å². The quantitative estimate of drug-likeness (QED) is 0.841. The summed E-state index contributed by atoms with van der Waals surface area (Å²) < 4.78 is 0. The van der Waals surface area contributed by atoms with Gasteiger partial charge in [-0.2, -0.15) is 0 Å². The minimum atomic E-state index is -0.470. The lowest BCUT2D eigenvalue weighted by atomic mass is 10.1. The van der Waals surface area contributed by atoms with Crippen LogP contribution >= 0.6 is 0 Å². The van der Waals surface area contributed by atoms with Crippen LogP contribution in [0.1, 0.15) is 51.7 Å². The molecule has 4 nitrogen and oxygen atoms in total. The number of hydrogen-bond donors (Lipinski definition) is 1. The van der Waals surface area contributed by atoms with E-state index in [1.807, 2.05) is 52.0 Å². The van der Waals surface area contributed by atoms with Gasteiger partial charge in [-0.15, -0.1) is 0 Å². The summed E-state index contributed by atoms with van der Waals surface area (Å²) in [5, 5.41) is 2.95. The SMILES string of the molecule is CCC(=O)N(Cc1ccc(C)cc1)C(C)C(=O)NC(C)CC. The summed E-state index contributed by atoms with van der Waals surface area (Å²) in [6, 6.07) is 7.70. The summed E-state index contributed by atoms with van der Waals surface area (Å²) in [6.45, 7) is 10.1. The zero-order valence-corrected chi connectivity index (χ0v) is 14.3. The predicted octanol–water partition coefficient (Wildman–Crippen LogP) is 3.04. The van der Waals surface area contributed by atoms with E-state index in [1.54, 1.807) is 11.8 Å². The summed E-state index contributed by atoms with van der Waals surface area (Å²) in [6.07, 6.45) is 1.27. The van der Waals surface area contributed by atoms with Crippen LogP contribution in [0.15, 0.2) is 24.3 Å². The fourth-order valence-electron chi connectivity index (χ4n) is 2.14. The molecule has 0 aliphatic heterocycles. The third-order valence-corrected chi connectivity index (χ3v) is 3.94. The first-order valence-corrected chi connectivity index (χ1v) is 8.04. The van der Waals surface area contributed by atoms with Crippen LogP contribution in [0.4, 0.5) is 0 Å². The Balaban J connectivity index is 2.85. The van der Waals surface area contributed by atoms with Crippen LogP contribution in [-0.2, 0) is 16.1 Å². The number of rotatable bonds is 7. The van der Waals surface area contributed by atoms with Crippen molar-refractivity contribution in [1.29, 1.82) is 0 Å². The second-order valence-electron chi connectivity index (χ2n) is 5.85. The van der Waals surface area contributed by atoms with Crippen molar-refractivity contribution in [3.05, 3.63) is 35.4 Å². The normalized spacial score (nSPS) is 13.3. The summed E-state index contributed by atoms with van der Waals surface area (Å²) in [7, 11) is 0. The Hall–Kier alpha value is -1.84. The molecule has 0 fully saturated rings. The maximum atomic E-state index is 12.3. The van der Waals surface area contributed by atoms with Crippen molar-refractivity contribution in [2.45, 2.75) is 66.1 Å². The molecule has 0 aliphatic rings. The number of nitrogens with one attached hydrogen (secondary N) is 1. The summed E-state index contributed by atoms with van der Waals surface area (Å²) >= 11 is 0. The van der Waals surface area contributed by atoms with Crippen molar-refractivity contribution in [3.63, 3.8) is 0 Å². The van der Waals surface area contributed by atoms with Crippen molar-refractivity contribution >= 4 is 11.8 Å². The summed E-state index contributed by atoms with van der Waals surface area (Å²) in [5.74, 6) is -0.101. The van der Waals surface area contributed by atoms with Gasteiger partial charge in [0.25, 0.3) is 0 Å². The third-order valence-electron chi connectivity index (χ3n) is 3.94. The Bertz CT molecular complexity index is 496. The van der Waals surface area contributed by atoms with Crippen molar-refractivity contribution < 1.29 is 9.59 Å². The summed E-state index contributed by atoms with van der Waals surface area (Å²) in [4.78, 5) is 26.2. The van der Waals surface area contributed by atoms with Crippen LogP contribution in [-0.4, -0.2) is 28.8 Å². The number of carbonyl (C=O) groups excluding carboxylic acids is 2. The number of benzene rings is 1. The van der Waals surface area contributed by atoms with Gasteiger partial charge in [-0.05, 0) is 32.8 Å². The van der Waals surface area contributed by atoms with Crippen LogP contribution < -0.4 is 5.32 Å². The van der Waals surface area contributed by atoms with E-state index in [1.165, 1.54) is 5.56 Å². The molecule has 2 unspecified atom stereocenters. The molecule has 0 aliphatic carbocycles. The summed E-state index contributed by atoms with van der Waals surface area (Å²) in [5.41, 5.74) is 2.22. The van der Waals surface area contributed by atoms with Crippen molar-refractivity contribution in [2.24, 2.45) is 0 Å². The van der Waals surface area contributed by atoms with E-state index in [-0.39, 0.29) is 17.9 Å². The number of hydrogen-bond acceptors (Lipinski definition) is 2. The highest BCUT2D eigenvalue weighted by Crippen LogP contribution is 2.12. The highest BCUT2D eigenvalue weighted by Gasteiger charge is 2.25. The largest absolute Gasteiger partial charge is 0.352 e. The first-order valence-electron chi connectivity index (χ1n) is 8.04. The molecule has 122 valence electrons. The number of carbonyl (C=O) groups is 2. The van der Waals surface area contributed by atoms with Crippen LogP contribution in [0.2, 0.25) is 0 Å². The molecular weight excluding hydrogens is 276 g/mol. The second kappa shape index (κ2) is 8.57. The molecule has 0 saturated heterocycles. The molecule has 1 rings (SSSR count). The van der Waals surface area contributed by atoms with Crippen molar-refractivity contribution in [3.8, 4) is 0 Å². The molecule has 1 aromatic rings. The highest BCUT2D eigenvalue weighted by molar-refractivity contribution is 5.87. The van der Waals surface area contributed by atoms with Gasteiger partial charge in [0, 0.05) is 19.0 Å². The molecule has 4 heteroatoms. The molecule has 0 aromatic heterocycles. The Morgan fingerprint density at radius 2 is 1.73 bits per heavy atom. The molecule has 2 atom stereocenters. The van der Waals surface area contributed by atoms with Crippen LogP contribution in [0.25, 0.3) is 0 Å². The fourth-order valence-corrected chi connectivity index (χ4v) is 2.14. The van der Waals surface area contributed by atoms with Gasteiger partial charge in [-0.1, -0.05) is 43.7 Å². The molecule has 0 saturated carbocycles. The van der Waals surface area contributed by atoms with Gasteiger partial charge in [-0.25, -0.2) is 0 Å². The Labute approximate surface area is 133 Å². The van der Waals surface area contributed by atoms with Gasteiger partial charge in [0.1, 0.15) is 6.04 Å². The third kappa shape index (κ3) is 5.17. The van der Waals surface area contributed by atoms with Gasteiger partial charge in [0.2, 0.25) is 11.8 Å². The molecule has 0 heterocycles. The number of aryl methyl sites for hydroxylation is 1. The Morgan fingerprint density at radius 1 is 1.14 bits per heavy atom. The van der Waals surface area contributed by atoms with Crippen LogP contribution in [0.3, 0.4) is 0 Å². The van der Waals surface area contributed by atoms with Gasteiger partial charge >= 0.3 is 0 Å². The molecule has 2 amide bonds. The Kier molecular flexibility index (Phi) is 7.09. The smallest absolute Gasteiger partial charge is 0.242 e.